The zero-order valence-corrected chi connectivity index (χ0v) is 14.9. The van der Waals surface area contributed by atoms with Crippen molar-refractivity contribution in [3.8, 4) is 34.3 Å². The maximum absolute atomic E-state index is 10.4. The van der Waals surface area contributed by atoms with Crippen molar-refractivity contribution in [2.45, 2.75) is 12.3 Å². The number of rotatable bonds is 4. The Balaban J connectivity index is 1.85. The average molecular weight is 357 g/mol. The zero-order valence-electron chi connectivity index (χ0n) is 14.9. The minimum absolute atomic E-state index is 0.0737. The van der Waals surface area contributed by atoms with Crippen LogP contribution in [0.3, 0.4) is 0 Å². The van der Waals surface area contributed by atoms with Gasteiger partial charge >= 0.3 is 0 Å². The van der Waals surface area contributed by atoms with E-state index < -0.39 is 0 Å². The summed E-state index contributed by atoms with van der Waals surface area (Å²) in [5.41, 5.74) is 1.46. The number of methoxy groups -OCH3 is 1. The van der Waals surface area contributed by atoms with Crippen molar-refractivity contribution in [1.82, 2.24) is 15.0 Å². The van der Waals surface area contributed by atoms with Crippen molar-refractivity contribution >= 4 is 0 Å². The Bertz CT molecular complexity index is 1010. The molecule has 1 aliphatic carbocycles. The van der Waals surface area contributed by atoms with Gasteiger partial charge in [0.05, 0.1) is 12.7 Å². The molecule has 5 heteroatoms. The third-order valence-electron chi connectivity index (χ3n) is 4.44. The molecule has 1 aliphatic rings. The summed E-state index contributed by atoms with van der Waals surface area (Å²) in [6.45, 7) is 0. The molecule has 27 heavy (non-hydrogen) atoms. The molecule has 0 aliphatic heterocycles. The van der Waals surface area contributed by atoms with Crippen LogP contribution in [0.2, 0.25) is 0 Å². The second-order valence-corrected chi connectivity index (χ2v) is 6.25. The highest BCUT2D eigenvalue weighted by Gasteiger charge is 2.18. The van der Waals surface area contributed by atoms with Gasteiger partial charge in [-0.15, -0.1) is 0 Å². The number of nitrogens with zero attached hydrogens (tertiary/aromatic N) is 3. The van der Waals surface area contributed by atoms with Gasteiger partial charge in [-0.25, -0.2) is 15.0 Å². The molecule has 0 saturated carbocycles. The van der Waals surface area contributed by atoms with Gasteiger partial charge < -0.3 is 9.84 Å². The number of phenols is 1. The molecule has 1 aromatic heterocycles. The fourth-order valence-corrected chi connectivity index (χ4v) is 2.99. The summed E-state index contributed by atoms with van der Waals surface area (Å²) in [6, 6.07) is 14.9. The van der Waals surface area contributed by atoms with E-state index in [9.17, 15) is 5.11 Å². The molecule has 0 fully saturated rings. The molecule has 3 aromatic rings. The van der Waals surface area contributed by atoms with Crippen molar-refractivity contribution in [3.63, 3.8) is 0 Å². The molecule has 0 amide bonds. The normalized spacial score (nSPS) is 15.7. The number of allylic oxidation sites excluding steroid dienone is 4. The molecule has 4 rings (SSSR count). The van der Waals surface area contributed by atoms with Crippen LogP contribution >= 0.6 is 0 Å². The number of benzene rings is 2. The molecule has 5 nitrogen and oxygen atoms in total. The van der Waals surface area contributed by atoms with Gasteiger partial charge in [0.1, 0.15) is 17.3 Å². The highest BCUT2D eigenvalue weighted by Crippen LogP contribution is 2.32. The van der Waals surface area contributed by atoms with Crippen molar-refractivity contribution in [1.29, 1.82) is 0 Å². The highest BCUT2D eigenvalue weighted by molar-refractivity contribution is 5.67. The van der Waals surface area contributed by atoms with E-state index in [1.807, 2.05) is 42.5 Å². The van der Waals surface area contributed by atoms with Crippen LogP contribution in [-0.4, -0.2) is 27.2 Å². The molecule has 0 spiro atoms. The fourth-order valence-electron chi connectivity index (χ4n) is 2.99. The standard InChI is InChI=1S/C22H19N3O2/c1-27-17-12-13-18(19(26)14-17)22-24-20(15-8-4-2-5-9-15)23-21(25-22)16-10-6-3-7-11-16/h2-10,12-14,16,26H,11H2,1H3. The number of aromatic hydroxyl groups is 1. The first-order valence-electron chi connectivity index (χ1n) is 8.76. The summed E-state index contributed by atoms with van der Waals surface area (Å²) in [6.07, 6.45) is 9.04. The topological polar surface area (TPSA) is 68.1 Å². The van der Waals surface area contributed by atoms with E-state index in [0.717, 1.165) is 12.0 Å². The summed E-state index contributed by atoms with van der Waals surface area (Å²) < 4.78 is 5.17. The van der Waals surface area contributed by atoms with Crippen molar-refractivity contribution in [2.24, 2.45) is 0 Å². The van der Waals surface area contributed by atoms with Gasteiger partial charge in [-0.2, -0.15) is 0 Å². The molecule has 2 aromatic carbocycles. The monoisotopic (exact) mass is 357 g/mol. The number of aromatic nitrogens is 3. The van der Waals surface area contributed by atoms with Crippen LogP contribution < -0.4 is 4.74 Å². The third kappa shape index (κ3) is 3.58. The number of hydrogen-bond acceptors (Lipinski definition) is 5. The predicted octanol–water partition coefficient (Wildman–Crippen LogP) is 4.52. The number of phenolic OH excluding ortho intramolecular Hbond substituents is 1. The molecule has 0 radical (unpaired) electrons. The lowest BCUT2D eigenvalue weighted by atomic mass is 10.00. The van der Waals surface area contributed by atoms with E-state index in [0.29, 0.717) is 28.8 Å². The van der Waals surface area contributed by atoms with E-state index in [1.54, 1.807) is 25.3 Å². The van der Waals surface area contributed by atoms with Gasteiger partial charge in [-0.3, -0.25) is 0 Å². The molecule has 1 heterocycles. The summed E-state index contributed by atoms with van der Waals surface area (Å²) in [4.78, 5) is 14.0. The van der Waals surface area contributed by atoms with E-state index in [1.165, 1.54) is 0 Å². The van der Waals surface area contributed by atoms with Crippen LogP contribution in [0, 0.1) is 0 Å². The summed E-state index contributed by atoms with van der Waals surface area (Å²) in [5, 5.41) is 10.4. The second kappa shape index (κ2) is 7.41. The van der Waals surface area contributed by atoms with Crippen LogP contribution in [0.15, 0.2) is 72.8 Å². The molecule has 0 bridgehead atoms. The first-order chi connectivity index (χ1) is 13.2. The SMILES string of the molecule is COc1ccc(-c2nc(-c3ccccc3)nc(C3C=CC=CC3)n2)c(O)c1. The van der Waals surface area contributed by atoms with Gasteiger partial charge in [0, 0.05) is 17.5 Å². The Morgan fingerprint density at radius 3 is 2.48 bits per heavy atom. The highest BCUT2D eigenvalue weighted by atomic mass is 16.5. The van der Waals surface area contributed by atoms with Crippen LogP contribution in [-0.2, 0) is 0 Å². The Labute approximate surface area is 157 Å². The lowest BCUT2D eigenvalue weighted by Gasteiger charge is -2.14. The van der Waals surface area contributed by atoms with Gasteiger partial charge in [-0.05, 0) is 18.6 Å². The Hall–Kier alpha value is -3.47. The van der Waals surface area contributed by atoms with Crippen molar-refractivity contribution < 1.29 is 9.84 Å². The molecular weight excluding hydrogens is 338 g/mol. The molecule has 1 N–H and O–H groups in total. The molecule has 1 unspecified atom stereocenters. The Morgan fingerprint density at radius 2 is 1.78 bits per heavy atom. The largest absolute Gasteiger partial charge is 0.507 e. The lowest BCUT2D eigenvalue weighted by Crippen LogP contribution is -2.07. The van der Waals surface area contributed by atoms with Crippen LogP contribution in [0.25, 0.3) is 22.8 Å². The molecule has 0 saturated heterocycles. The molecular formula is C22H19N3O2. The van der Waals surface area contributed by atoms with Gasteiger partial charge in [0.2, 0.25) is 0 Å². The zero-order chi connectivity index (χ0) is 18.6. The quantitative estimate of drug-likeness (QED) is 0.743. The average Bonchev–Trinajstić information content (AvgIpc) is 2.74. The summed E-state index contributed by atoms with van der Waals surface area (Å²) >= 11 is 0. The summed E-state index contributed by atoms with van der Waals surface area (Å²) in [5.74, 6) is 2.46. The van der Waals surface area contributed by atoms with Crippen LogP contribution in [0.1, 0.15) is 18.2 Å². The van der Waals surface area contributed by atoms with Crippen molar-refractivity contribution in [2.75, 3.05) is 7.11 Å². The van der Waals surface area contributed by atoms with Gasteiger partial charge in [0.15, 0.2) is 11.6 Å². The fraction of sp³-hybridized carbons (Fsp3) is 0.136. The third-order valence-corrected chi connectivity index (χ3v) is 4.44. The van der Waals surface area contributed by atoms with Gasteiger partial charge in [0.25, 0.3) is 0 Å². The maximum Gasteiger partial charge on any atom is 0.167 e. The van der Waals surface area contributed by atoms with Crippen molar-refractivity contribution in [3.05, 3.63) is 78.7 Å². The minimum atomic E-state index is 0.0737. The first-order valence-corrected chi connectivity index (χ1v) is 8.76. The molecule has 134 valence electrons. The predicted molar refractivity (Wildman–Crippen MR) is 105 cm³/mol. The van der Waals surface area contributed by atoms with Gasteiger partial charge in [-0.1, -0.05) is 54.6 Å². The maximum atomic E-state index is 10.4. The van der Waals surface area contributed by atoms with E-state index in [2.05, 4.69) is 22.1 Å². The lowest BCUT2D eigenvalue weighted by molar-refractivity contribution is 0.408. The second-order valence-electron chi connectivity index (χ2n) is 6.25. The van der Waals surface area contributed by atoms with Crippen LogP contribution in [0.5, 0.6) is 11.5 Å². The van der Waals surface area contributed by atoms with E-state index in [4.69, 9.17) is 9.72 Å². The Kier molecular flexibility index (Phi) is 4.66. The minimum Gasteiger partial charge on any atom is -0.507 e. The summed E-state index contributed by atoms with van der Waals surface area (Å²) in [7, 11) is 1.56. The van der Waals surface area contributed by atoms with Crippen LogP contribution in [0.4, 0.5) is 0 Å². The van der Waals surface area contributed by atoms with E-state index in [-0.39, 0.29) is 11.7 Å². The smallest absolute Gasteiger partial charge is 0.167 e. The van der Waals surface area contributed by atoms with E-state index >= 15 is 0 Å². The number of ether oxygens (including phenoxy) is 1. The Morgan fingerprint density at radius 1 is 0.963 bits per heavy atom. The molecule has 1 atom stereocenters. The first kappa shape index (κ1) is 17.0. The number of hydrogen-bond donors (Lipinski definition) is 1.